The van der Waals surface area contributed by atoms with Crippen LogP contribution in [0.1, 0.15) is 28.7 Å². The first kappa shape index (κ1) is 19.6. The van der Waals surface area contributed by atoms with Crippen molar-refractivity contribution in [3.8, 4) is 11.1 Å². The molecule has 0 bridgehead atoms. The fraction of sp³-hybridized carbons (Fsp3) is 0.167. The van der Waals surface area contributed by atoms with E-state index in [9.17, 15) is 14.0 Å². The molecule has 0 heterocycles. The number of carboxylic acids is 1. The summed E-state index contributed by atoms with van der Waals surface area (Å²) in [5.41, 5.74) is 4.65. The largest absolute Gasteiger partial charge is 0.479 e. The number of amides is 1. The number of fused-ring (bicyclic) bond motifs is 3. The Hall–Kier alpha value is -3.67. The Morgan fingerprint density at radius 1 is 0.900 bits per heavy atom. The SMILES string of the molecule is O=C(N[C@@H](c1ccccc1)[C@H](F)C(=O)O)OCC1c2ccccc2-c2ccccc21. The Balaban J connectivity index is 1.50. The van der Waals surface area contributed by atoms with Crippen LogP contribution in [0.4, 0.5) is 9.18 Å². The minimum atomic E-state index is -2.30. The topological polar surface area (TPSA) is 75.6 Å². The third kappa shape index (κ3) is 3.76. The van der Waals surface area contributed by atoms with Gasteiger partial charge in [-0.15, -0.1) is 0 Å². The molecule has 2 N–H and O–H groups in total. The molecule has 0 fully saturated rings. The number of ether oxygens (including phenoxy) is 1. The molecule has 0 unspecified atom stereocenters. The van der Waals surface area contributed by atoms with E-state index in [1.807, 2.05) is 48.5 Å². The first-order valence-electron chi connectivity index (χ1n) is 9.59. The Morgan fingerprint density at radius 2 is 1.43 bits per heavy atom. The van der Waals surface area contributed by atoms with Gasteiger partial charge in [0.1, 0.15) is 6.61 Å². The highest BCUT2D eigenvalue weighted by Gasteiger charge is 2.32. The van der Waals surface area contributed by atoms with Crippen LogP contribution in [-0.4, -0.2) is 29.9 Å². The molecule has 0 saturated carbocycles. The minimum absolute atomic E-state index is 0.0609. The van der Waals surface area contributed by atoms with Gasteiger partial charge in [-0.3, -0.25) is 0 Å². The Morgan fingerprint density at radius 3 is 2.00 bits per heavy atom. The molecule has 0 radical (unpaired) electrons. The molecule has 4 rings (SSSR count). The van der Waals surface area contributed by atoms with Crippen molar-refractivity contribution >= 4 is 12.1 Å². The van der Waals surface area contributed by atoms with Gasteiger partial charge in [-0.2, -0.15) is 0 Å². The monoisotopic (exact) mass is 405 g/mol. The van der Waals surface area contributed by atoms with Crippen LogP contribution in [0.2, 0.25) is 0 Å². The number of hydrogen-bond donors (Lipinski definition) is 2. The molecule has 3 aromatic carbocycles. The van der Waals surface area contributed by atoms with Crippen LogP contribution in [0.15, 0.2) is 78.9 Å². The average molecular weight is 405 g/mol. The normalized spacial score (nSPS) is 14.3. The quantitative estimate of drug-likeness (QED) is 0.624. The molecular weight excluding hydrogens is 385 g/mol. The predicted molar refractivity (Wildman–Crippen MR) is 110 cm³/mol. The molecular formula is C24H20FNO4. The predicted octanol–water partition coefficient (Wildman–Crippen LogP) is 4.69. The number of alkyl carbamates (subject to hydrolysis) is 1. The molecule has 0 spiro atoms. The molecule has 3 aromatic rings. The summed E-state index contributed by atoms with van der Waals surface area (Å²) in [5.74, 6) is -1.79. The molecule has 30 heavy (non-hydrogen) atoms. The Bertz CT molecular complexity index is 1020. The van der Waals surface area contributed by atoms with E-state index in [1.165, 1.54) is 0 Å². The average Bonchev–Trinajstić information content (AvgIpc) is 3.10. The van der Waals surface area contributed by atoms with Crippen LogP contribution in [-0.2, 0) is 9.53 Å². The van der Waals surface area contributed by atoms with Crippen molar-refractivity contribution in [3.05, 3.63) is 95.6 Å². The lowest BCUT2D eigenvalue weighted by atomic mass is 9.98. The van der Waals surface area contributed by atoms with Gasteiger partial charge in [-0.25, -0.2) is 14.0 Å². The van der Waals surface area contributed by atoms with Crippen LogP contribution < -0.4 is 5.32 Å². The lowest BCUT2D eigenvalue weighted by molar-refractivity contribution is -0.143. The lowest BCUT2D eigenvalue weighted by Gasteiger charge is -2.21. The fourth-order valence-corrected chi connectivity index (χ4v) is 3.90. The number of halogens is 1. The second kappa shape index (κ2) is 8.37. The first-order valence-corrected chi connectivity index (χ1v) is 9.59. The van der Waals surface area contributed by atoms with Crippen molar-refractivity contribution in [1.29, 1.82) is 0 Å². The van der Waals surface area contributed by atoms with Crippen molar-refractivity contribution in [2.75, 3.05) is 6.61 Å². The van der Waals surface area contributed by atoms with Gasteiger partial charge in [0.25, 0.3) is 0 Å². The van der Waals surface area contributed by atoms with Crippen LogP contribution in [0.5, 0.6) is 0 Å². The molecule has 152 valence electrons. The zero-order valence-electron chi connectivity index (χ0n) is 16.0. The van der Waals surface area contributed by atoms with Gasteiger partial charge in [0.05, 0.1) is 6.04 Å². The standard InChI is InChI=1S/C24H20FNO4/c25-21(23(27)28)22(15-8-2-1-3-9-15)26-24(29)30-14-20-18-12-6-4-10-16(18)17-11-5-7-13-19(17)20/h1-13,20-22H,14H2,(H,26,29)(H,27,28)/t21-,22-/m0/s1. The van der Waals surface area contributed by atoms with Gasteiger partial charge < -0.3 is 15.2 Å². The summed E-state index contributed by atoms with van der Waals surface area (Å²) in [6, 6.07) is 22.6. The maximum atomic E-state index is 14.3. The third-order valence-corrected chi connectivity index (χ3v) is 5.30. The summed E-state index contributed by atoms with van der Waals surface area (Å²) in [7, 11) is 0. The lowest BCUT2D eigenvalue weighted by Crippen LogP contribution is -2.38. The van der Waals surface area contributed by atoms with Crippen LogP contribution in [0.25, 0.3) is 11.1 Å². The highest BCUT2D eigenvalue weighted by Crippen LogP contribution is 2.44. The number of hydrogen-bond acceptors (Lipinski definition) is 3. The van der Waals surface area contributed by atoms with E-state index >= 15 is 0 Å². The second-order valence-electron chi connectivity index (χ2n) is 7.10. The van der Waals surface area contributed by atoms with E-state index in [0.717, 1.165) is 22.3 Å². The zero-order chi connectivity index (χ0) is 21.1. The van der Waals surface area contributed by atoms with Gasteiger partial charge >= 0.3 is 12.1 Å². The van der Waals surface area contributed by atoms with Crippen LogP contribution in [0.3, 0.4) is 0 Å². The van der Waals surface area contributed by atoms with E-state index in [2.05, 4.69) is 5.32 Å². The second-order valence-corrected chi connectivity index (χ2v) is 7.10. The molecule has 1 aliphatic carbocycles. The number of rotatable bonds is 6. The number of alkyl halides is 1. The fourth-order valence-electron chi connectivity index (χ4n) is 3.90. The van der Waals surface area contributed by atoms with E-state index in [1.54, 1.807) is 30.3 Å². The number of carbonyl (C=O) groups excluding carboxylic acids is 1. The first-order chi connectivity index (χ1) is 14.6. The van der Waals surface area contributed by atoms with E-state index in [-0.39, 0.29) is 12.5 Å². The highest BCUT2D eigenvalue weighted by atomic mass is 19.1. The molecule has 0 aromatic heterocycles. The third-order valence-electron chi connectivity index (χ3n) is 5.30. The number of nitrogens with one attached hydrogen (secondary N) is 1. The molecule has 6 heteroatoms. The van der Waals surface area contributed by atoms with Gasteiger partial charge in [0, 0.05) is 5.92 Å². The van der Waals surface area contributed by atoms with Crippen molar-refractivity contribution in [2.45, 2.75) is 18.1 Å². The van der Waals surface area contributed by atoms with Crippen molar-refractivity contribution < 1.29 is 23.8 Å². The van der Waals surface area contributed by atoms with E-state index in [0.29, 0.717) is 5.56 Å². The summed E-state index contributed by atoms with van der Waals surface area (Å²) in [4.78, 5) is 23.6. The van der Waals surface area contributed by atoms with Crippen LogP contribution in [0, 0.1) is 0 Å². The van der Waals surface area contributed by atoms with Crippen molar-refractivity contribution in [2.24, 2.45) is 0 Å². The van der Waals surface area contributed by atoms with Gasteiger partial charge in [0.15, 0.2) is 0 Å². The smallest absolute Gasteiger partial charge is 0.407 e. The summed E-state index contributed by atoms with van der Waals surface area (Å²) in [6.45, 7) is 0.0609. The van der Waals surface area contributed by atoms with Crippen molar-refractivity contribution in [1.82, 2.24) is 5.32 Å². The molecule has 1 amide bonds. The number of benzene rings is 3. The van der Waals surface area contributed by atoms with Crippen LogP contribution >= 0.6 is 0 Å². The van der Waals surface area contributed by atoms with E-state index < -0.39 is 24.3 Å². The molecule has 0 saturated heterocycles. The summed E-state index contributed by atoms with van der Waals surface area (Å²) < 4.78 is 19.7. The molecule has 5 nitrogen and oxygen atoms in total. The summed E-state index contributed by atoms with van der Waals surface area (Å²) >= 11 is 0. The molecule has 0 aliphatic heterocycles. The molecule has 1 aliphatic rings. The summed E-state index contributed by atoms with van der Waals surface area (Å²) in [5, 5.41) is 11.4. The number of carbonyl (C=O) groups is 2. The Kier molecular flexibility index (Phi) is 5.48. The maximum Gasteiger partial charge on any atom is 0.407 e. The number of aliphatic carboxylic acids is 1. The highest BCUT2D eigenvalue weighted by molar-refractivity contribution is 5.79. The zero-order valence-corrected chi connectivity index (χ0v) is 16.0. The summed E-state index contributed by atoms with van der Waals surface area (Å²) in [6.07, 6.45) is -3.16. The van der Waals surface area contributed by atoms with Gasteiger partial charge in [-0.1, -0.05) is 78.9 Å². The van der Waals surface area contributed by atoms with Gasteiger partial charge in [0.2, 0.25) is 6.17 Å². The maximum absolute atomic E-state index is 14.3. The Labute approximate surface area is 173 Å². The van der Waals surface area contributed by atoms with E-state index in [4.69, 9.17) is 9.84 Å². The molecule has 2 atom stereocenters. The van der Waals surface area contributed by atoms with Crippen molar-refractivity contribution in [3.63, 3.8) is 0 Å². The minimum Gasteiger partial charge on any atom is -0.479 e. The number of carboxylic acid groups (broad SMARTS) is 1. The van der Waals surface area contributed by atoms with Gasteiger partial charge in [-0.05, 0) is 27.8 Å².